The Balaban J connectivity index is 2.21. The van der Waals surface area contributed by atoms with Gasteiger partial charge in [0, 0.05) is 22.4 Å². The fraction of sp³-hybridized carbons (Fsp3) is 0.0769. The molecule has 4 nitrogen and oxygen atoms in total. The van der Waals surface area contributed by atoms with Crippen molar-refractivity contribution in [1.82, 2.24) is 4.98 Å². The quantitative estimate of drug-likeness (QED) is 0.721. The van der Waals surface area contributed by atoms with Crippen molar-refractivity contribution in [3.8, 4) is 5.75 Å². The van der Waals surface area contributed by atoms with Crippen LogP contribution >= 0.6 is 0 Å². The molecule has 5 heteroatoms. The zero-order valence-electron chi connectivity index (χ0n) is 9.67. The van der Waals surface area contributed by atoms with Crippen LogP contribution in [0.2, 0.25) is 0 Å². The molecule has 0 spiro atoms. The highest BCUT2D eigenvalue weighted by Gasteiger charge is 2.08. The van der Waals surface area contributed by atoms with E-state index in [0.29, 0.717) is 5.75 Å². The van der Waals surface area contributed by atoms with Gasteiger partial charge in [0.15, 0.2) is 0 Å². The number of hydrogen-bond donors (Lipinski definition) is 1. The van der Waals surface area contributed by atoms with Crippen molar-refractivity contribution < 1.29 is 12.6 Å². The molecule has 0 amide bonds. The predicted molar refractivity (Wildman–Crippen MR) is 71.3 cm³/mol. The maximum atomic E-state index is 11.1. The molecule has 0 bridgehead atoms. The van der Waals surface area contributed by atoms with Gasteiger partial charge in [-0.15, -0.1) is 0 Å². The average Bonchev–Trinajstić information content (AvgIpc) is 2.64. The molecule has 1 aromatic heterocycles. The highest BCUT2D eigenvalue weighted by atomic mass is 32.2. The summed E-state index contributed by atoms with van der Waals surface area (Å²) in [5.41, 5.74) is 1.88. The molecule has 3 aromatic rings. The first kappa shape index (κ1) is 11.1. The zero-order valence-corrected chi connectivity index (χ0v) is 10.5. The Morgan fingerprint density at radius 3 is 2.50 bits per heavy atom. The van der Waals surface area contributed by atoms with E-state index >= 15 is 0 Å². The van der Waals surface area contributed by atoms with E-state index in [1.165, 1.54) is 0 Å². The monoisotopic (exact) mass is 261 g/mol. The normalized spacial score (nSPS) is 12.1. The molecule has 0 unspecified atom stereocenters. The van der Waals surface area contributed by atoms with Crippen molar-refractivity contribution in [3.63, 3.8) is 0 Å². The van der Waals surface area contributed by atoms with Crippen molar-refractivity contribution in [2.24, 2.45) is 0 Å². The van der Waals surface area contributed by atoms with Crippen LogP contribution in [0.25, 0.3) is 21.8 Å². The van der Waals surface area contributed by atoms with Crippen LogP contribution < -0.4 is 4.18 Å². The Morgan fingerprint density at radius 2 is 1.72 bits per heavy atom. The van der Waals surface area contributed by atoms with Gasteiger partial charge in [-0.25, -0.2) is 0 Å². The molecule has 2 aromatic carbocycles. The summed E-state index contributed by atoms with van der Waals surface area (Å²) >= 11 is 0. The highest BCUT2D eigenvalue weighted by Crippen LogP contribution is 2.28. The first-order valence-corrected chi connectivity index (χ1v) is 7.24. The summed E-state index contributed by atoms with van der Waals surface area (Å²) in [4.78, 5) is 3.23. The third-order valence-corrected chi connectivity index (χ3v) is 3.22. The molecule has 1 N–H and O–H groups in total. The number of hydrogen-bond acceptors (Lipinski definition) is 3. The van der Waals surface area contributed by atoms with Crippen LogP contribution in [0, 0.1) is 0 Å². The van der Waals surface area contributed by atoms with Crippen molar-refractivity contribution in [3.05, 3.63) is 42.5 Å². The lowest BCUT2D eigenvalue weighted by Gasteiger charge is -2.02. The van der Waals surface area contributed by atoms with E-state index in [-0.39, 0.29) is 0 Å². The number of aromatic nitrogens is 1. The number of aromatic amines is 1. The number of fused-ring (bicyclic) bond motifs is 3. The molecule has 0 saturated heterocycles. The summed E-state index contributed by atoms with van der Waals surface area (Å²) in [7, 11) is -3.49. The van der Waals surface area contributed by atoms with Crippen molar-refractivity contribution in [1.29, 1.82) is 0 Å². The van der Waals surface area contributed by atoms with E-state index in [9.17, 15) is 8.42 Å². The third kappa shape index (κ3) is 1.93. The van der Waals surface area contributed by atoms with Crippen LogP contribution in [0.3, 0.4) is 0 Å². The summed E-state index contributed by atoms with van der Waals surface area (Å²) < 4.78 is 27.0. The minimum atomic E-state index is -3.49. The summed E-state index contributed by atoms with van der Waals surface area (Å²) in [5.74, 6) is 0.316. The van der Waals surface area contributed by atoms with Gasteiger partial charge in [0.05, 0.1) is 11.8 Å². The Kier molecular flexibility index (Phi) is 2.31. The summed E-state index contributed by atoms with van der Waals surface area (Å²) in [6.45, 7) is 0. The first-order chi connectivity index (χ1) is 8.53. The fourth-order valence-electron chi connectivity index (χ4n) is 2.06. The Morgan fingerprint density at radius 1 is 1.00 bits per heavy atom. The van der Waals surface area contributed by atoms with Gasteiger partial charge in [-0.05, 0) is 18.2 Å². The molecule has 0 aliphatic carbocycles. The fourth-order valence-corrected chi connectivity index (χ4v) is 2.51. The highest BCUT2D eigenvalue weighted by molar-refractivity contribution is 7.86. The topological polar surface area (TPSA) is 59.2 Å². The van der Waals surface area contributed by atoms with Crippen LogP contribution in [-0.2, 0) is 10.1 Å². The molecule has 0 saturated carbocycles. The Labute approximate surface area is 104 Å². The lowest BCUT2D eigenvalue weighted by Crippen LogP contribution is -2.05. The molecule has 0 aliphatic heterocycles. The molecule has 0 radical (unpaired) electrons. The number of para-hydroxylation sites is 1. The second kappa shape index (κ2) is 3.74. The first-order valence-electron chi connectivity index (χ1n) is 5.43. The molecular weight excluding hydrogens is 250 g/mol. The standard InChI is InChI=1S/C13H11NO3S/c1-18(15,16)17-9-6-7-11-10-4-2-3-5-12(10)14-13(11)8-9/h2-8,14H,1H3. The van der Waals surface area contributed by atoms with Crippen LogP contribution in [-0.4, -0.2) is 19.7 Å². The van der Waals surface area contributed by atoms with Gasteiger partial charge in [0.2, 0.25) is 0 Å². The lowest BCUT2D eigenvalue weighted by molar-refractivity contribution is 0.493. The number of benzene rings is 2. The lowest BCUT2D eigenvalue weighted by atomic mass is 10.1. The van der Waals surface area contributed by atoms with Crippen LogP contribution in [0.4, 0.5) is 0 Å². The van der Waals surface area contributed by atoms with Crippen LogP contribution in [0.1, 0.15) is 0 Å². The van der Waals surface area contributed by atoms with Gasteiger partial charge in [0.1, 0.15) is 5.75 Å². The van der Waals surface area contributed by atoms with E-state index in [1.807, 2.05) is 30.3 Å². The minimum Gasteiger partial charge on any atom is -0.383 e. The van der Waals surface area contributed by atoms with E-state index in [0.717, 1.165) is 28.1 Å². The summed E-state index contributed by atoms with van der Waals surface area (Å²) in [5, 5.41) is 2.16. The minimum absolute atomic E-state index is 0.316. The average molecular weight is 261 g/mol. The second-order valence-electron chi connectivity index (χ2n) is 4.17. The van der Waals surface area contributed by atoms with E-state index in [4.69, 9.17) is 4.18 Å². The second-order valence-corrected chi connectivity index (χ2v) is 5.74. The van der Waals surface area contributed by atoms with E-state index in [2.05, 4.69) is 4.98 Å². The Hall–Kier alpha value is -2.01. The van der Waals surface area contributed by atoms with Gasteiger partial charge in [-0.2, -0.15) is 8.42 Å². The van der Waals surface area contributed by atoms with Gasteiger partial charge in [0.25, 0.3) is 0 Å². The molecule has 1 heterocycles. The SMILES string of the molecule is CS(=O)(=O)Oc1ccc2c(c1)[nH]c1ccccc12. The molecule has 18 heavy (non-hydrogen) atoms. The predicted octanol–water partition coefficient (Wildman–Crippen LogP) is 2.66. The molecule has 0 aliphatic rings. The summed E-state index contributed by atoms with van der Waals surface area (Å²) in [6.07, 6.45) is 1.03. The molecule has 3 rings (SSSR count). The third-order valence-electron chi connectivity index (χ3n) is 2.73. The smallest absolute Gasteiger partial charge is 0.306 e. The maximum absolute atomic E-state index is 11.1. The van der Waals surface area contributed by atoms with Crippen molar-refractivity contribution >= 4 is 31.9 Å². The van der Waals surface area contributed by atoms with Gasteiger partial charge in [-0.3, -0.25) is 0 Å². The molecule has 0 atom stereocenters. The Bertz CT molecular complexity index is 834. The summed E-state index contributed by atoms with van der Waals surface area (Å²) in [6, 6.07) is 13.1. The largest absolute Gasteiger partial charge is 0.383 e. The van der Waals surface area contributed by atoms with Crippen LogP contribution in [0.5, 0.6) is 5.75 Å². The molecule has 92 valence electrons. The van der Waals surface area contributed by atoms with Crippen molar-refractivity contribution in [2.75, 3.05) is 6.26 Å². The number of nitrogens with one attached hydrogen (secondary N) is 1. The van der Waals surface area contributed by atoms with Crippen LogP contribution in [0.15, 0.2) is 42.5 Å². The van der Waals surface area contributed by atoms with Gasteiger partial charge < -0.3 is 9.17 Å². The van der Waals surface area contributed by atoms with Gasteiger partial charge in [-0.1, -0.05) is 18.2 Å². The molecule has 0 fully saturated rings. The number of H-pyrrole nitrogens is 1. The number of rotatable bonds is 2. The molecular formula is C13H11NO3S. The zero-order chi connectivity index (χ0) is 12.8. The van der Waals surface area contributed by atoms with E-state index in [1.54, 1.807) is 12.1 Å². The van der Waals surface area contributed by atoms with Gasteiger partial charge >= 0.3 is 10.1 Å². The maximum Gasteiger partial charge on any atom is 0.306 e. The van der Waals surface area contributed by atoms with Crippen molar-refractivity contribution in [2.45, 2.75) is 0 Å². The van der Waals surface area contributed by atoms with E-state index < -0.39 is 10.1 Å².